The summed E-state index contributed by atoms with van der Waals surface area (Å²) in [7, 11) is 2.10. The molecule has 2 amide bonds. The second-order valence-electron chi connectivity index (χ2n) is 4.30. The first-order valence-electron chi connectivity index (χ1n) is 6.45. The molecule has 0 aliphatic carbocycles. The summed E-state index contributed by atoms with van der Waals surface area (Å²) in [6, 6.07) is -1.88. The highest BCUT2D eigenvalue weighted by Gasteiger charge is 2.22. The Morgan fingerprint density at radius 3 is 2.50 bits per heavy atom. The molecule has 9 nitrogen and oxygen atoms in total. The van der Waals surface area contributed by atoms with Gasteiger partial charge in [-0.15, -0.1) is 0 Å². The maximum absolute atomic E-state index is 11.9. The molecule has 1 rings (SSSR count). The number of hydrogen-bond acceptors (Lipinski definition) is 12. The predicted molar refractivity (Wildman–Crippen MR) is 98.6 cm³/mol. The van der Waals surface area contributed by atoms with Crippen molar-refractivity contribution in [3.8, 4) is 0 Å². The van der Waals surface area contributed by atoms with Gasteiger partial charge in [0.1, 0.15) is 40.8 Å². The van der Waals surface area contributed by atoms with Crippen molar-refractivity contribution >= 4 is 78.2 Å². The fourth-order valence-electron chi connectivity index (χ4n) is 1.36. The van der Waals surface area contributed by atoms with Crippen molar-refractivity contribution in [1.82, 2.24) is 10.6 Å². The largest absolute Gasteiger partial charge is 0.377 e. The fourth-order valence-corrected chi connectivity index (χ4v) is 4.91. The lowest BCUT2D eigenvalue weighted by molar-refractivity contribution is -0.135. The molecule has 0 aromatic rings. The molecule has 1 heterocycles. The highest BCUT2D eigenvalue weighted by molar-refractivity contribution is 9.25. The standard InChI is InChI=1S/C10H15N3O6S5/c11-5-1-2-7(14)13-6(4-20)9(16)12-3-8(15)18-21-23-24-22-19-10(5)17/h5-6,20H,1-4,11H2,(H,12,16)(H,13,14). The average Bonchev–Trinajstić information content (AvgIpc) is 2.57. The summed E-state index contributed by atoms with van der Waals surface area (Å²) in [4.78, 5) is 46.8. The molecule has 136 valence electrons. The Kier molecular flexibility index (Phi) is 10.8. The number of rotatable bonds is 1. The van der Waals surface area contributed by atoms with Crippen LogP contribution in [0, 0.1) is 0 Å². The Morgan fingerprint density at radius 2 is 1.83 bits per heavy atom. The van der Waals surface area contributed by atoms with Gasteiger partial charge < -0.3 is 24.7 Å². The first-order chi connectivity index (χ1) is 11.4. The highest BCUT2D eigenvalue weighted by Crippen LogP contribution is 2.43. The fraction of sp³-hybridized carbons (Fsp3) is 0.600. The molecule has 0 aromatic heterocycles. The van der Waals surface area contributed by atoms with Gasteiger partial charge in [0.05, 0.1) is 0 Å². The Morgan fingerprint density at radius 1 is 1.17 bits per heavy atom. The topological polar surface area (TPSA) is 137 Å². The molecule has 2 atom stereocenters. The summed E-state index contributed by atoms with van der Waals surface area (Å²) >= 11 is 5.52. The monoisotopic (exact) mass is 433 g/mol. The zero-order valence-electron chi connectivity index (χ0n) is 12.1. The van der Waals surface area contributed by atoms with Crippen molar-refractivity contribution in [2.24, 2.45) is 5.73 Å². The van der Waals surface area contributed by atoms with E-state index in [0.717, 1.165) is 41.8 Å². The first-order valence-corrected chi connectivity index (χ1v) is 11.7. The van der Waals surface area contributed by atoms with E-state index in [2.05, 4.69) is 23.3 Å². The normalized spacial score (nSPS) is 25.8. The van der Waals surface area contributed by atoms with E-state index in [-0.39, 0.29) is 25.1 Å². The van der Waals surface area contributed by atoms with Crippen molar-refractivity contribution in [2.75, 3.05) is 12.3 Å². The third kappa shape index (κ3) is 8.62. The van der Waals surface area contributed by atoms with Crippen molar-refractivity contribution in [1.29, 1.82) is 0 Å². The summed E-state index contributed by atoms with van der Waals surface area (Å²) in [5.41, 5.74) is 5.63. The number of thiol groups is 1. The third-order valence-corrected chi connectivity index (χ3v) is 7.48. The molecule has 0 bridgehead atoms. The molecule has 24 heavy (non-hydrogen) atoms. The number of carbonyl (C=O) groups excluding carboxylic acids is 4. The summed E-state index contributed by atoms with van der Waals surface area (Å²) in [5.74, 6) is -2.33. The van der Waals surface area contributed by atoms with Crippen molar-refractivity contribution < 1.29 is 27.5 Å². The lowest BCUT2D eigenvalue weighted by atomic mass is 10.1. The minimum absolute atomic E-state index is 0.0403. The Hall–Kier alpha value is -0.410. The smallest absolute Gasteiger partial charge is 0.338 e. The van der Waals surface area contributed by atoms with E-state index in [1.807, 2.05) is 0 Å². The first kappa shape index (κ1) is 21.6. The molecular formula is C10H15N3O6S5. The van der Waals surface area contributed by atoms with E-state index in [9.17, 15) is 19.2 Å². The molecular weight excluding hydrogens is 418 g/mol. The van der Waals surface area contributed by atoms with E-state index < -0.39 is 35.8 Å². The van der Waals surface area contributed by atoms with Gasteiger partial charge in [-0.1, -0.05) is 0 Å². The molecule has 1 saturated heterocycles. The number of nitrogens with two attached hydrogens (primary N) is 1. The Labute approximate surface area is 159 Å². The van der Waals surface area contributed by atoms with E-state index in [4.69, 9.17) is 14.1 Å². The zero-order chi connectivity index (χ0) is 17.9. The van der Waals surface area contributed by atoms with E-state index in [1.54, 1.807) is 0 Å². The van der Waals surface area contributed by atoms with Crippen LogP contribution in [0.4, 0.5) is 0 Å². The van der Waals surface area contributed by atoms with Crippen LogP contribution in [0.3, 0.4) is 0 Å². The molecule has 14 heteroatoms. The maximum atomic E-state index is 11.9. The van der Waals surface area contributed by atoms with Crippen LogP contribution in [0.25, 0.3) is 0 Å². The molecule has 2 unspecified atom stereocenters. The number of nitrogens with one attached hydrogen (secondary N) is 2. The van der Waals surface area contributed by atoms with Gasteiger partial charge in [0.25, 0.3) is 0 Å². The maximum Gasteiger partial charge on any atom is 0.338 e. The van der Waals surface area contributed by atoms with E-state index in [0.29, 0.717) is 0 Å². The van der Waals surface area contributed by atoms with Crippen LogP contribution in [-0.2, 0) is 27.5 Å². The SMILES string of the molecule is NC1CCC(=O)NC(CS)C(=O)NCC(=O)OSSSSOC1=O. The molecule has 0 spiro atoms. The molecule has 4 N–H and O–H groups in total. The molecule has 1 fully saturated rings. The summed E-state index contributed by atoms with van der Waals surface area (Å²) in [5, 5.41) is 4.80. The lowest BCUT2D eigenvalue weighted by Crippen LogP contribution is -2.49. The van der Waals surface area contributed by atoms with Crippen LogP contribution in [0.15, 0.2) is 0 Å². The van der Waals surface area contributed by atoms with Gasteiger partial charge in [-0.05, 0) is 6.42 Å². The van der Waals surface area contributed by atoms with Crippen LogP contribution in [0.5, 0.6) is 0 Å². The minimum Gasteiger partial charge on any atom is -0.377 e. The second-order valence-corrected chi connectivity index (χ2v) is 9.62. The lowest BCUT2D eigenvalue weighted by Gasteiger charge is -2.16. The van der Waals surface area contributed by atoms with E-state index >= 15 is 0 Å². The highest BCUT2D eigenvalue weighted by atomic mass is 33.7. The number of hydrogen-bond donors (Lipinski definition) is 4. The quantitative estimate of drug-likeness (QED) is 0.257. The van der Waals surface area contributed by atoms with Gasteiger partial charge in [-0.2, -0.15) is 12.6 Å². The predicted octanol–water partition coefficient (Wildman–Crippen LogP) is 0.232. The van der Waals surface area contributed by atoms with Gasteiger partial charge in [0, 0.05) is 31.8 Å². The Balaban J connectivity index is 2.66. The third-order valence-electron chi connectivity index (χ3n) is 2.55. The van der Waals surface area contributed by atoms with Crippen molar-refractivity contribution in [3.63, 3.8) is 0 Å². The van der Waals surface area contributed by atoms with Gasteiger partial charge in [-0.25, -0.2) is 9.59 Å². The van der Waals surface area contributed by atoms with Crippen LogP contribution in [0.1, 0.15) is 12.8 Å². The molecule has 0 saturated carbocycles. The molecule has 0 radical (unpaired) electrons. The van der Waals surface area contributed by atoms with Gasteiger partial charge >= 0.3 is 11.9 Å². The number of amides is 2. The minimum atomic E-state index is -0.960. The van der Waals surface area contributed by atoms with Crippen LogP contribution in [-0.4, -0.2) is 48.1 Å². The summed E-state index contributed by atoms with van der Waals surface area (Å²) in [6.45, 7) is -0.343. The second kappa shape index (κ2) is 12.0. The summed E-state index contributed by atoms with van der Waals surface area (Å²) in [6.07, 6.45) is 0.0125. The zero-order valence-corrected chi connectivity index (χ0v) is 16.3. The van der Waals surface area contributed by atoms with Gasteiger partial charge in [0.2, 0.25) is 11.8 Å². The van der Waals surface area contributed by atoms with E-state index in [1.165, 1.54) is 0 Å². The molecule has 1 aliphatic rings. The van der Waals surface area contributed by atoms with Crippen molar-refractivity contribution in [3.05, 3.63) is 0 Å². The van der Waals surface area contributed by atoms with Crippen LogP contribution >= 0.6 is 54.4 Å². The van der Waals surface area contributed by atoms with Crippen LogP contribution in [0.2, 0.25) is 0 Å². The number of carbonyl (C=O) groups is 4. The van der Waals surface area contributed by atoms with Crippen molar-refractivity contribution in [2.45, 2.75) is 24.9 Å². The van der Waals surface area contributed by atoms with Gasteiger partial charge in [0.15, 0.2) is 0 Å². The van der Waals surface area contributed by atoms with Gasteiger partial charge in [-0.3, -0.25) is 9.59 Å². The van der Waals surface area contributed by atoms with Crippen LogP contribution < -0.4 is 16.4 Å². The summed E-state index contributed by atoms with van der Waals surface area (Å²) < 4.78 is 9.61. The Bertz CT molecular complexity index is 482. The molecule has 1 aliphatic heterocycles. The average molecular weight is 434 g/mol. The molecule has 0 aromatic carbocycles.